The van der Waals surface area contributed by atoms with E-state index in [0.717, 1.165) is 41.5 Å². The van der Waals surface area contributed by atoms with Gasteiger partial charge >= 0.3 is 0 Å². The van der Waals surface area contributed by atoms with Gasteiger partial charge in [-0.05, 0) is 42.5 Å². The minimum Gasteiger partial charge on any atom is -0.485 e. The van der Waals surface area contributed by atoms with Crippen LogP contribution in [0.15, 0.2) is 81.8 Å². The van der Waals surface area contributed by atoms with Crippen LogP contribution in [0.5, 0.6) is 5.75 Å². The van der Waals surface area contributed by atoms with Gasteiger partial charge in [-0.2, -0.15) is 0 Å². The number of halogens is 1. The number of piperidine rings is 1. The van der Waals surface area contributed by atoms with E-state index in [1.165, 1.54) is 6.26 Å². The molecule has 0 saturated carbocycles. The molecule has 4 aromatic rings. The number of anilines is 1. The number of amides is 2. The molecule has 1 fully saturated rings. The van der Waals surface area contributed by atoms with Crippen LogP contribution in [0, 0.1) is 0 Å². The molecule has 2 amide bonds. The summed E-state index contributed by atoms with van der Waals surface area (Å²) in [7, 11) is 0. The fourth-order valence-electron chi connectivity index (χ4n) is 5.64. The molecular weight excluding hydrogens is 530 g/mol. The third-order valence-corrected chi connectivity index (χ3v) is 8.06. The second kappa shape index (κ2) is 10.8. The summed E-state index contributed by atoms with van der Waals surface area (Å²) >= 11 is 6.17. The molecule has 8 nitrogen and oxygen atoms in total. The number of hydrogen-bond acceptors (Lipinski definition) is 6. The molecule has 1 spiro atoms. The van der Waals surface area contributed by atoms with E-state index in [9.17, 15) is 9.59 Å². The normalized spacial score (nSPS) is 16.3. The Balaban J connectivity index is 1.14. The molecule has 40 heavy (non-hydrogen) atoms. The van der Waals surface area contributed by atoms with Crippen molar-refractivity contribution in [3.63, 3.8) is 0 Å². The molecule has 0 atom stereocenters. The third-order valence-electron chi connectivity index (χ3n) is 7.83. The van der Waals surface area contributed by atoms with E-state index >= 15 is 0 Å². The number of benzene rings is 2. The molecule has 4 heterocycles. The first-order valence-corrected chi connectivity index (χ1v) is 13.8. The maximum atomic E-state index is 13.0. The van der Waals surface area contributed by atoms with Crippen LogP contribution in [-0.2, 0) is 17.8 Å². The Morgan fingerprint density at radius 1 is 0.950 bits per heavy atom. The predicted molar refractivity (Wildman–Crippen MR) is 151 cm³/mol. The fourth-order valence-corrected chi connectivity index (χ4v) is 5.83. The number of furan rings is 2. The zero-order chi connectivity index (χ0) is 27.7. The van der Waals surface area contributed by atoms with Gasteiger partial charge in [0.2, 0.25) is 5.91 Å². The summed E-state index contributed by atoms with van der Waals surface area (Å²) in [5.74, 6) is 1.80. The lowest BCUT2D eigenvalue weighted by molar-refractivity contribution is -0.134. The molecule has 1 saturated heterocycles. The molecule has 9 heteroatoms. The first kappa shape index (κ1) is 26.1. The van der Waals surface area contributed by atoms with E-state index in [2.05, 4.69) is 11.0 Å². The molecule has 0 bridgehead atoms. The molecule has 0 aliphatic carbocycles. The van der Waals surface area contributed by atoms with Crippen molar-refractivity contribution >= 4 is 29.1 Å². The van der Waals surface area contributed by atoms with Gasteiger partial charge in [0.1, 0.15) is 22.9 Å². The van der Waals surface area contributed by atoms with Gasteiger partial charge < -0.3 is 29.1 Å². The van der Waals surface area contributed by atoms with Gasteiger partial charge in [0.25, 0.3) is 5.91 Å². The largest absolute Gasteiger partial charge is 0.485 e. The number of para-hydroxylation sites is 2. The van der Waals surface area contributed by atoms with Gasteiger partial charge in [-0.1, -0.05) is 35.9 Å². The number of rotatable bonds is 6. The van der Waals surface area contributed by atoms with E-state index < -0.39 is 5.91 Å². The van der Waals surface area contributed by atoms with E-state index in [-0.39, 0.29) is 23.7 Å². The van der Waals surface area contributed by atoms with Crippen molar-refractivity contribution in [3.05, 3.63) is 95.1 Å². The predicted octanol–water partition coefficient (Wildman–Crippen LogP) is 5.68. The average Bonchev–Trinajstić information content (AvgIpc) is 3.59. The number of carbonyl (C=O) groups is 2. The van der Waals surface area contributed by atoms with E-state index in [4.69, 9.17) is 30.9 Å². The van der Waals surface area contributed by atoms with Crippen molar-refractivity contribution in [2.45, 2.75) is 37.8 Å². The van der Waals surface area contributed by atoms with Crippen LogP contribution < -0.4 is 15.4 Å². The van der Waals surface area contributed by atoms with Crippen molar-refractivity contribution in [2.24, 2.45) is 5.73 Å². The molecule has 206 valence electrons. The van der Waals surface area contributed by atoms with Crippen LogP contribution in [0.1, 0.15) is 41.1 Å². The number of ether oxygens (including phenoxy) is 1. The lowest BCUT2D eigenvalue weighted by atomic mass is 9.87. The number of nitrogens with two attached hydrogens (primary N) is 1. The quantitative estimate of drug-likeness (QED) is 0.326. The summed E-state index contributed by atoms with van der Waals surface area (Å²) in [6.07, 6.45) is 3.72. The molecule has 2 aliphatic rings. The summed E-state index contributed by atoms with van der Waals surface area (Å²) in [6, 6.07) is 21.3. The van der Waals surface area contributed by atoms with Gasteiger partial charge in [-0.15, -0.1) is 0 Å². The average molecular weight is 560 g/mol. The summed E-state index contributed by atoms with van der Waals surface area (Å²) < 4.78 is 18.1. The monoisotopic (exact) mass is 559 g/mol. The minimum atomic E-state index is -0.671. The minimum absolute atomic E-state index is 0.0434. The van der Waals surface area contributed by atoms with Crippen molar-refractivity contribution in [1.82, 2.24) is 4.90 Å². The molecule has 0 unspecified atom stereocenters. The third kappa shape index (κ3) is 5.31. The first-order valence-electron chi connectivity index (χ1n) is 13.4. The maximum absolute atomic E-state index is 13.0. The molecule has 6 rings (SSSR count). The van der Waals surface area contributed by atoms with E-state index in [0.29, 0.717) is 43.1 Å². The molecular formula is C31H30ClN3O5. The maximum Gasteiger partial charge on any atom is 0.284 e. The van der Waals surface area contributed by atoms with Gasteiger partial charge in [0.15, 0.2) is 5.76 Å². The summed E-state index contributed by atoms with van der Waals surface area (Å²) in [4.78, 5) is 28.7. The van der Waals surface area contributed by atoms with Crippen LogP contribution in [0.4, 0.5) is 5.69 Å². The highest BCUT2D eigenvalue weighted by Gasteiger charge is 2.40. The van der Waals surface area contributed by atoms with Gasteiger partial charge in [-0.3, -0.25) is 9.59 Å². The summed E-state index contributed by atoms with van der Waals surface area (Å²) in [5.41, 5.74) is 7.48. The van der Waals surface area contributed by atoms with Gasteiger partial charge in [0, 0.05) is 55.0 Å². The zero-order valence-electron chi connectivity index (χ0n) is 22.0. The Hall–Kier alpha value is -4.17. The molecule has 2 aromatic heterocycles. The number of hydrogen-bond donors (Lipinski definition) is 1. The second-order valence-electron chi connectivity index (χ2n) is 10.4. The van der Waals surface area contributed by atoms with Gasteiger partial charge in [-0.25, -0.2) is 0 Å². The lowest BCUT2D eigenvalue weighted by Crippen LogP contribution is -2.50. The number of likely N-dealkylation sites (tertiary alicyclic amines) is 1. The Bertz CT molecular complexity index is 1530. The smallest absolute Gasteiger partial charge is 0.284 e. The van der Waals surface area contributed by atoms with Gasteiger partial charge in [0.05, 0.1) is 24.9 Å². The highest BCUT2D eigenvalue weighted by Crippen LogP contribution is 2.41. The van der Waals surface area contributed by atoms with Crippen LogP contribution in [-0.4, -0.2) is 41.9 Å². The SMILES string of the molecule is NC(=O)c1occc1CC(=O)N1CCC2(CC1)CCN(Cc1ccc(-c3cccc(Cl)c3)o1)c1ccccc1O2. The molecule has 2 N–H and O–H groups in total. The fraction of sp³-hybridized carbons (Fsp3) is 0.290. The van der Waals surface area contributed by atoms with Crippen molar-refractivity contribution in [2.75, 3.05) is 24.5 Å². The molecule has 0 radical (unpaired) electrons. The number of carbonyl (C=O) groups excluding carboxylic acids is 2. The van der Waals surface area contributed by atoms with E-state index in [1.54, 1.807) is 6.07 Å². The Morgan fingerprint density at radius 3 is 2.55 bits per heavy atom. The standard InChI is InChI=1S/C31H30ClN3O5/c32-23-5-3-4-21(18-23)26-9-8-24(39-26)20-35-16-13-31(40-27-7-2-1-6-25(27)35)11-14-34(15-12-31)28(36)19-22-10-17-38-29(22)30(33)37/h1-10,17-18H,11-16,19-20H2,(H2,33,37). The summed E-state index contributed by atoms with van der Waals surface area (Å²) in [6.45, 7) is 2.54. The van der Waals surface area contributed by atoms with Crippen LogP contribution in [0.2, 0.25) is 5.02 Å². The van der Waals surface area contributed by atoms with Crippen molar-refractivity contribution in [3.8, 4) is 17.1 Å². The highest BCUT2D eigenvalue weighted by atomic mass is 35.5. The van der Waals surface area contributed by atoms with Crippen LogP contribution in [0.25, 0.3) is 11.3 Å². The van der Waals surface area contributed by atoms with E-state index in [1.807, 2.05) is 59.5 Å². The summed E-state index contributed by atoms with van der Waals surface area (Å²) in [5, 5.41) is 0.670. The molecule has 2 aromatic carbocycles. The van der Waals surface area contributed by atoms with Crippen molar-refractivity contribution in [1.29, 1.82) is 0 Å². The van der Waals surface area contributed by atoms with Crippen molar-refractivity contribution < 1.29 is 23.2 Å². The number of nitrogens with zero attached hydrogens (tertiary/aromatic N) is 2. The Labute approximate surface area is 237 Å². The second-order valence-corrected chi connectivity index (χ2v) is 10.8. The lowest BCUT2D eigenvalue weighted by Gasteiger charge is -2.41. The number of fused-ring (bicyclic) bond motifs is 1. The highest BCUT2D eigenvalue weighted by molar-refractivity contribution is 6.30. The topological polar surface area (TPSA) is 102 Å². The molecule has 2 aliphatic heterocycles. The van der Waals surface area contributed by atoms with Crippen LogP contribution in [0.3, 0.4) is 0 Å². The number of primary amides is 1. The first-order chi connectivity index (χ1) is 19.4. The zero-order valence-corrected chi connectivity index (χ0v) is 22.7. The Morgan fingerprint density at radius 2 is 1.75 bits per heavy atom. The Kier molecular flexibility index (Phi) is 7.02. The van der Waals surface area contributed by atoms with Crippen LogP contribution >= 0.6 is 11.6 Å².